The Balaban J connectivity index is 1.55. The number of benzene rings is 1. The van der Waals surface area contributed by atoms with Gasteiger partial charge in [0.15, 0.2) is 9.84 Å². The molecule has 1 saturated heterocycles. The minimum atomic E-state index is -3.07. The van der Waals surface area contributed by atoms with Crippen molar-refractivity contribution in [2.45, 2.75) is 12.3 Å². The van der Waals surface area contributed by atoms with Gasteiger partial charge < -0.3 is 4.90 Å². The number of amides is 1. The van der Waals surface area contributed by atoms with Crippen molar-refractivity contribution in [3.63, 3.8) is 0 Å². The zero-order valence-electron chi connectivity index (χ0n) is 14.8. The highest BCUT2D eigenvalue weighted by atomic mass is 32.2. The van der Waals surface area contributed by atoms with E-state index in [1.165, 1.54) is 11.8 Å². The van der Waals surface area contributed by atoms with Crippen molar-refractivity contribution in [2.24, 2.45) is 0 Å². The molecule has 7 heteroatoms. The first-order valence-corrected chi connectivity index (χ1v) is 10.6. The molecule has 1 aliphatic heterocycles. The molecule has 138 valence electrons. The molecule has 2 heterocycles. The summed E-state index contributed by atoms with van der Waals surface area (Å²) in [6.07, 6.45) is 4.79. The van der Waals surface area contributed by atoms with Crippen molar-refractivity contribution in [3.8, 4) is 0 Å². The molecule has 0 spiro atoms. The van der Waals surface area contributed by atoms with E-state index in [0.717, 1.165) is 19.6 Å². The van der Waals surface area contributed by atoms with Gasteiger partial charge in [0.1, 0.15) is 0 Å². The molecule has 0 unspecified atom stereocenters. The summed E-state index contributed by atoms with van der Waals surface area (Å²) in [7, 11) is -3.07. The number of pyridine rings is 1. The van der Waals surface area contributed by atoms with Gasteiger partial charge in [-0.1, -0.05) is 12.1 Å². The van der Waals surface area contributed by atoms with Crippen molar-refractivity contribution in [3.05, 3.63) is 65.5 Å². The summed E-state index contributed by atoms with van der Waals surface area (Å²) in [6, 6.07) is 10.9. The van der Waals surface area contributed by atoms with Gasteiger partial charge in [0.05, 0.1) is 5.75 Å². The fraction of sp³-hybridized carbons (Fsp3) is 0.368. The number of hydrogen-bond donors (Lipinski definition) is 0. The van der Waals surface area contributed by atoms with Crippen LogP contribution in [0.5, 0.6) is 0 Å². The standard InChI is InChI=1S/C19H23N3O3S/c1-26(24,25)15-17-2-4-18(5-3-17)19(23)22-12-10-21(11-13-22)14-16-6-8-20-9-7-16/h2-9H,10-15H2,1H3. The van der Waals surface area contributed by atoms with Gasteiger partial charge in [-0.15, -0.1) is 0 Å². The second-order valence-corrected chi connectivity index (χ2v) is 8.83. The predicted molar refractivity (Wildman–Crippen MR) is 100 cm³/mol. The number of aromatic nitrogens is 1. The molecule has 1 aromatic carbocycles. The number of piperazine rings is 1. The zero-order chi connectivity index (χ0) is 18.6. The highest BCUT2D eigenvalue weighted by Gasteiger charge is 2.22. The van der Waals surface area contributed by atoms with E-state index in [4.69, 9.17) is 0 Å². The van der Waals surface area contributed by atoms with Crippen LogP contribution in [0.25, 0.3) is 0 Å². The first kappa shape index (κ1) is 18.5. The molecule has 6 nitrogen and oxygen atoms in total. The highest BCUT2D eigenvalue weighted by molar-refractivity contribution is 7.89. The van der Waals surface area contributed by atoms with Gasteiger partial charge in [0.25, 0.3) is 5.91 Å². The third kappa shape index (κ3) is 5.12. The van der Waals surface area contributed by atoms with E-state index in [2.05, 4.69) is 9.88 Å². The summed E-state index contributed by atoms with van der Waals surface area (Å²) < 4.78 is 22.7. The number of rotatable bonds is 5. The van der Waals surface area contributed by atoms with Crippen LogP contribution < -0.4 is 0 Å². The third-order valence-corrected chi connectivity index (χ3v) is 5.30. The second-order valence-electron chi connectivity index (χ2n) is 6.69. The molecular weight excluding hydrogens is 350 g/mol. The van der Waals surface area contributed by atoms with Crippen molar-refractivity contribution in [2.75, 3.05) is 32.4 Å². The SMILES string of the molecule is CS(=O)(=O)Cc1ccc(C(=O)N2CCN(Cc3ccncc3)CC2)cc1. The number of carbonyl (C=O) groups excluding carboxylic acids is 1. The van der Waals surface area contributed by atoms with Gasteiger partial charge in [0, 0.05) is 56.9 Å². The largest absolute Gasteiger partial charge is 0.336 e. The van der Waals surface area contributed by atoms with E-state index in [1.54, 1.807) is 36.7 Å². The highest BCUT2D eigenvalue weighted by Crippen LogP contribution is 2.13. The predicted octanol–water partition coefficient (Wildman–Crippen LogP) is 1.58. The van der Waals surface area contributed by atoms with Gasteiger partial charge in [-0.25, -0.2) is 8.42 Å². The molecule has 0 N–H and O–H groups in total. The molecule has 1 amide bonds. The van der Waals surface area contributed by atoms with E-state index in [1.807, 2.05) is 17.0 Å². The monoisotopic (exact) mass is 373 g/mol. The van der Waals surface area contributed by atoms with E-state index >= 15 is 0 Å². The van der Waals surface area contributed by atoms with Crippen LogP contribution in [-0.2, 0) is 22.1 Å². The molecule has 0 bridgehead atoms. The van der Waals surface area contributed by atoms with Crippen LogP contribution in [0.2, 0.25) is 0 Å². The molecule has 0 saturated carbocycles. The number of sulfone groups is 1. The molecule has 0 atom stereocenters. The zero-order valence-corrected chi connectivity index (χ0v) is 15.7. The molecule has 0 radical (unpaired) electrons. The Bertz CT molecular complexity index is 843. The Kier molecular flexibility index (Phi) is 5.68. The quantitative estimate of drug-likeness (QED) is 0.796. The summed E-state index contributed by atoms with van der Waals surface area (Å²) in [5, 5.41) is 0. The lowest BCUT2D eigenvalue weighted by atomic mass is 10.1. The van der Waals surface area contributed by atoms with Crippen LogP contribution in [0.4, 0.5) is 0 Å². The van der Waals surface area contributed by atoms with Crippen LogP contribution in [-0.4, -0.2) is 61.5 Å². The van der Waals surface area contributed by atoms with E-state index < -0.39 is 9.84 Å². The molecule has 1 aromatic heterocycles. The van der Waals surface area contributed by atoms with Crippen molar-refractivity contribution in [1.29, 1.82) is 0 Å². The fourth-order valence-electron chi connectivity index (χ4n) is 3.08. The Morgan fingerprint density at radius 1 is 0.962 bits per heavy atom. The number of hydrogen-bond acceptors (Lipinski definition) is 5. The maximum Gasteiger partial charge on any atom is 0.253 e. The van der Waals surface area contributed by atoms with Crippen LogP contribution in [0.1, 0.15) is 21.5 Å². The van der Waals surface area contributed by atoms with Gasteiger partial charge in [0.2, 0.25) is 0 Å². The molecule has 2 aromatic rings. The van der Waals surface area contributed by atoms with Gasteiger partial charge in [-0.2, -0.15) is 0 Å². The van der Waals surface area contributed by atoms with Crippen LogP contribution in [0, 0.1) is 0 Å². The topological polar surface area (TPSA) is 70.6 Å². The molecule has 1 fully saturated rings. The van der Waals surface area contributed by atoms with E-state index in [9.17, 15) is 13.2 Å². The summed E-state index contributed by atoms with van der Waals surface area (Å²) in [5.41, 5.74) is 2.53. The maximum atomic E-state index is 12.6. The Morgan fingerprint density at radius 2 is 1.58 bits per heavy atom. The number of nitrogens with zero attached hydrogens (tertiary/aromatic N) is 3. The Hall–Kier alpha value is -2.25. The Morgan fingerprint density at radius 3 is 2.15 bits per heavy atom. The van der Waals surface area contributed by atoms with E-state index in [-0.39, 0.29) is 11.7 Å². The molecule has 3 rings (SSSR count). The average Bonchev–Trinajstić information content (AvgIpc) is 2.62. The normalized spacial score (nSPS) is 15.8. The summed E-state index contributed by atoms with van der Waals surface area (Å²) in [5.74, 6) is -0.00530. The summed E-state index contributed by atoms with van der Waals surface area (Å²) in [6.45, 7) is 3.91. The summed E-state index contributed by atoms with van der Waals surface area (Å²) in [4.78, 5) is 20.9. The molecule has 26 heavy (non-hydrogen) atoms. The third-order valence-electron chi connectivity index (χ3n) is 4.44. The second kappa shape index (κ2) is 7.97. The van der Waals surface area contributed by atoms with Gasteiger partial charge in [-0.3, -0.25) is 14.7 Å². The van der Waals surface area contributed by atoms with Crippen LogP contribution in [0.3, 0.4) is 0 Å². The first-order valence-electron chi connectivity index (χ1n) is 8.58. The molecule has 0 aliphatic carbocycles. The van der Waals surface area contributed by atoms with Crippen molar-refractivity contribution < 1.29 is 13.2 Å². The summed E-state index contributed by atoms with van der Waals surface area (Å²) >= 11 is 0. The van der Waals surface area contributed by atoms with Crippen LogP contribution >= 0.6 is 0 Å². The lowest BCUT2D eigenvalue weighted by Gasteiger charge is -2.34. The fourth-order valence-corrected chi connectivity index (χ4v) is 3.88. The maximum absolute atomic E-state index is 12.6. The van der Waals surface area contributed by atoms with Crippen molar-refractivity contribution >= 4 is 15.7 Å². The smallest absolute Gasteiger partial charge is 0.253 e. The minimum absolute atomic E-state index is 0.000494. The lowest BCUT2D eigenvalue weighted by Crippen LogP contribution is -2.48. The molecule has 1 aliphatic rings. The first-order chi connectivity index (χ1) is 12.4. The van der Waals surface area contributed by atoms with Gasteiger partial charge >= 0.3 is 0 Å². The average molecular weight is 373 g/mol. The minimum Gasteiger partial charge on any atom is -0.336 e. The number of carbonyl (C=O) groups is 1. The van der Waals surface area contributed by atoms with Gasteiger partial charge in [-0.05, 0) is 35.4 Å². The van der Waals surface area contributed by atoms with Crippen LogP contribution in [0.15, 0.2) is 48.8 Å². The van der Waals surface area contributed by atoms with E-state index in [0.29, 0.717) is 24.2 Å². The Labute approximate surface area is 154 Å². The van der Waals surface area contributed by atoms with Crippen molar-refractivity contribution in [1.82, 2.24) is 14.8 Å². The lowest BCUT2D eigenvalue weighted by molar-refractivity contribution is 0.0628. The molecular formula is C19H23N3O3S.